The minimum Gasteiger partial charge on any atom is -0.504 e. The fourth-order valence-electron chi connectivity index (χ4n) is 2.65. The number of rotatable bonds is 4. The van der Waals surface area contributed by atoms with Crippen LogP contribution in [0.15, 0.2) is 18.2 Å². The quantitative estimate of drug-likeness (QED) is 0.706. The summed E-state index contributed by atoms with van der Waals surface area (Å²) in [5.74, 6) is -0.636. The predicted octanol–water partition coefficient (Wildman–Crippen LogP) is 3.23. The molecule has 134 valence electrons. The third-order valence-electron chi connectivity index (χ3n) is 3.70. The molecule has 0 unspecified atom stereocenters. The first-order valence-corrected chi connectivity index (χ1v) is 6.91. The number of hydrogen-bond donors (Lipinski definition) is 3. The smallest absolute Gasteiger partial charge is 0.389 e. The Bertz CT molecular complexity index is 484. The van der Waals surface area contributed by atoms with Crippen molar-refractivity contribution in [2.75, 3.05) is 26.2 Å². The molecular formula is C14H21Cl2F3N2O2. The molecule has 4 nitrogen and oxygen atoms in total. The van der Waals surface area contributed by atoms with Crippen LogP contribution in [0.1, 0.15) is 24.4 Å². The highest BCUT2D eigenvalue weighted by atomic mass is 35.5. The number of nitrogens with zero attached hydrogens (tertiary/aromatic N) is 1. The summed E-state index contributed by atoms with van der Waals surface area (Å²) in [6.07, 6.45) is -5.30. The highest BCUT2D eigenvalue weighted by Gasteiger charge is 2.32. The summed E-state index contributed by atoms with van der Waals surface area (Å²) in [5, 5.41) is 22.7. The van der Waals surface area contributed by atoms with Crippen molar-refractivity contribution in [3.05, 3.63) is 23.8 Å². The lowest BCUT2D eigenvalue weighted by Crippen LogP contribution is -2.45. The van der Waals surface area contributed by atoms with E-state index in [1.165, 1.54) is 12.1 Å². The fraction of sp³-hybridized carbons (Fsp3) is 0.571. The van der Waals surface area contributed by atoms with Gasteiger partial charge in [-0.15, -0.1) is 24.8 Å². The molecule has 1 aromatic carbocycles. The molecule has 9 heteroatoms. The summed E-state index contributed by atoms with van der Waals surface area (Å²) >= 11 is 0. The van der Waals surface area contributed by atoms with Gasteiger partial charge in [-0.1, -0.05) is 12.1 Å². The van der Waals surface area contributed by atoms with Gasteiger partial charge >= 0.3 is 6.18 Å². The van der Waals surface area contributed by atoms with Gasteiger partial charge in [-0.3, -0.25) is 4.90 Å². The van der Waals surface area contributed by atoms with Crippen LogP contribution in [0.2, 0.25) is 0 Å². The molecule has 1 aromatic rings. The minimum atomic E-state index is -4.24. The van der Waals surface area contributed by atoms with Gasteiger partial charge in [0.1, 0.15) is 0 Å². The van der Waals surface area contributed by atoms with E-state index in [4.69, 9.17) is 0 Å². The molecule has 23 heavy (non-hydrogen) atoms. The second-order valence-corrected chi connectivity index (χ2v) is 5.17. The largest absolute Gasteiger partial charge is 0.504 e. The number of phenolic OH excluding ortho intramolecular Hbond substituents is 2. The predicted molar refractivity (Wildman–Crippen MR) is 86.7 cm³/mol. The minimum absolute atomic E-state index is 0. The Morgan fingerprint density at radius 3 is 2.30 bits per heavy atom. The SMILES string of the molecule is Cl.Cl.Oc1cccc([C@@H](CCC(F)(F)F)N2CCNCC2)c1O. The van der Waals surface area contributed by atoms with Crippen LogP contribution in [0, 0.1) is 0 Å². The van der Waals surface area contributed by atoms with Crippen LogP contribution in [0.4, 0.5) is 13.2 Å². The van der Waals surface area contributed by atoms with E-state index in [1.54, 1.807) is 6.07 Å². The Morgan fingerprint density at radius 1 is 1.13 bits per heavy atom. The molecule has 2 rings (SSSR count). The van der Waals surface area contributed by atoms with Gasteiger partial charge < -0.3 is 15.5 Å². The van der Waals surface area contributed by atoms with Crippen LogP contribution in [0.25, 0.3) is 0 Å². The van der Waals surface area contributed by atoms with E-state index in [2.05, 4.69) is 5.32 Å². The second-order valence-electron chi connectivity index (χ2n) is 5.17. The van der Waals surface area contributed by atoms with Crippen LogP contribution in [0.5, 0.6) is 11.5 Å². The number of nitrogens with one attached hydrogen (secondary N) is 1. The first kappa shape index (κ1) is 22.1. The molecule has 0 aromatic heterocycles. The van der Waals surface area contributed by atoms with Gasteiger partial charge in [0.05, 0.1) is 0 Å². The average molecular weight is 377 g/mol. The zero-order valence-electron chi connectivity index (χ0n) is 12.3. The van der Waals surface area contributed by atoms with Crippen molar-refractivity contribution < 1.29 is 23.4 Å². The van der Waals surface area contributed by atoms with E-state index in [9.17, 15) is 23.4 Å². The normalized spacial score (nSPS) is 17.0. The van der Waals surface area contributed by atoms with E-state index in [1.807, 2.05) is 4.90 Å². The lowest BCUT2D eigenvalue weighted by molar-refractivity contribution is -0.138. The van der Waals surface area contributed by atoms with Crippen molar-refractivity contribution in [2.45, 2.75) is 25.1 Å². The molecule has 0 bridgehead atoms. The van der Waals surface area contributed by atoms with Crippen LogP contribution in [-0.4, -0.2) is 47.5 Å². The number of phenols is 2. The average Bonchev–Trinajstić information content (AvgIpc) is 2.43. The van der Waals surface area contributed by atoms with Gasteiger partial charge in [0.15, 0.2) is 11.5 Å². The van der Waals surface area contributed by atoms with Crippen molar-refractivity contribution in [3.8, 4) is 11.5 Å². The topological polar surface area (TPSA) is 55.7 Å². The third-order valence-corrected chi connectivity index (χ3v) is 3.70. The van der Waals surface area contributed by atoms with Crippen LogP contribution in [-0.2, 0) is 0 Å². The van der Waals surface area contributed by atoms with Crippen LogP contribution in [0.3, 0.4) is 0 Å². The molecule has 0 saturated carbocycles. The zero-order chi connectivity index (χ0) is 15.5. The first-order valence-electron chi connectivity index (χ1n) is 6.91. The Morgan fingerprint density at radius 2 is 1.74 bits per heavy atom. The van der Waals surface area contributed by atoms with Gasteiger partial charge in [-0.2, -0.15) is 13.2 Å². The number of halogens is 5. The number of benzene rings is 1. The molecular weight excluding hydrogens is 356 g/mol. The number of alkyl halides is 3. The second kappa shape index (κ2) is 9.42. The Labute approximate surface area is 145 Å². The van der Waals surface area contributed by atoms with E-state index in [0.717, 1.165) is 0 Å². The van der Waals surface area contributed by atoms with Crippen molar-refractivity contribution in [3.63, 3.8) is 0 Å². The first-order chi connectivity index (χ1) is 9.88. The molecule has 3 N–H and O–H groups in total. The number of aromatic hydroxyl groups is 2. The number of para-hydroxylation sites is 1. The molecule has 1 heterocycles. The monoisotopic (exact) mass is 376 g/mol. The standard InChI is InChI=1S/C14H19F3N2O2.2ClH/c15-14(16,17)5-4-11(19-8-6-18-7-9-19)10-2-1-3-12(20)13(10)21;;/h1-3,11,18,20-21H,4-9H2;2*1H/t11-;;/m1../s1. The highest BCUT2D eigenvalue weighted by Crippen LogP contribution is 2.39. The zero-order valence-corrected chi connectivity index (χ0v) is 14.0. The molecule has 1 atom stereocenters. The maximum absolute atomic E-state index is 12.5. The lowest BCUT2D eigenvalue weighted by Gasteiger charge is -2.35. The van der Waals surface area contributed by atoms with Crippen LogP contribution < -0.4 is 5.32 Å². The fourth-order valence-corrected chi connectivity index (χ4v) is 2.65. The summed E-state index contributed by atoms with van der Waals surface area (Å²) in [7, 11) is 0. The molecule has 0 radical (unpaired) electrons. The van der Waals surface area contributed by atoms with E-state index < -0.39 is 18.6 Å². The number of hydrogen-bond acceptors (Lipinski definition) is 4. The Kier molecular flexibility index (Phi) is 9.05. The van der Waals surface area contributed by atoms with E-state index in [-0.39, 0.29) is 42.7 Å². The van der Waals surface area contributed by atoms with Gasteiger partial charge in [-0.25, -0.2) is 0 Å². The van der Waals surface area contributed by atoms with Crippen LogP contribution >= 0.6 is 24.8 Å². The van der Waals surface area contributed by atoms with Crippen molar-refractivity contribution >= 4 is 24.8 Å². The third kappa shape index (κ3) is 6.25. The maximum Gasteiger partial charge on any atom is 0.389 e. The Balaban J connectivity index is 0.00000242. The molecule has 0 spiro atoms. The van der Waals surface area contributed by atoms with Gasteiger partial charge in [0.25, 0.3) is 0 Å². The highest BCUT2D eigenvalue weighted by molar-refractivity contribution is 5.85. The summed E-state index contributed by atoms with van der Waals surface area (Å²) in [4.78, 5) is 1.91. The molecule has 1 aliphatic heterocycles. The number of piperazine rings is 1. The van der Waals surface area contributed by atoms with E-state index in [0.29, 0.717) is 31.7 Å². The molecule has 1 aliphatic rings. The summed E-state index contributed by atoms with van der Waals surface area (Å²) in [5.41, 5.74) is 0.348. The molecule has 0 amide bonds. The molecule has 1 saturated heterocycles. The lowest BCUT2D eigenvalue weighted by atomic mass is 9.98. The Hall–Kier alpha value is -0.890. The van der Waals surface area contributed by atoms with Crippen molar-refractivity contribution in [1.82, 2.24) is 10.2 Å². The summed E-state index contributed by atoms with van der Waals surface area (Å²) < 4.78 is 37.6. The van der Waals surface area contributed by atoms with Crippen molar-refractivity contribution in [2.24, 2.45) is 0 Å². The van der Waals surface area contributed by atoms with Gasteiger partial charge in [0.2, 0.25) is 0 Å². The molecule has 1 fully saturated rings. The van der Waals surface area contributed by atoms with E-state index >= 15 is 0 Å². The van der Waals surface area contributed by atoms with Crippen molar-refractivity contribution in [1.29, 1.82) is 0 Å². The van der Waals surface area contributed by atoms with Gasteiger partial charge in [-0.05, 0) is 12.5 Å². The summed E-state index contributed by atoms with van der Waals surface area (Å²) in [6.45, 7) is 2.61. The maximum atomic E-state index is 12.5. The summed E-state index contributed by atoms with van der Waals surface area (Å²) in [6, 6.07) is 3.86. The molecule has 0 aliphatic carbocycles. The van der Waals surface area contributed by atoms with Gasteiger partial charge in [0, 0.05) is 44.2 Å².